The van der Waals surface area contributed by atoms with E-state index in [0.29, 0.717) is 11.1 Å². The third kappa shape index (κ3) is 3.67. The number of hydrogen-bond acceptors (Lipinski definition) is 4. The second kappa shape index (κ2) is 8.74. The van der Waals surface area contributed by atoms with Gasteiger partial charge in [-0.1, -0.05) is 72.3 Å². The fourth-order valence-corrected chi connectivity index (χ4v) is 5.78. The molecule has 0 atom stereocenters. The Morgan fingerprint density at radius 2 is 1.31 bits per heavy atom. The fourth-order valence-electron chi connectivity index (χ4n) is 4.79. The summed E-state index contributed by atoms with van der Waals surface area (Å²) in [6, 6.07) is 32.3. The minimum atomic E-state index is -0.203. The lowest BCUT2D eigenvalue weighted by Gasteiger charge is -2.25. The van der Waals surface area contributed by atoms with Crippen molar-refractivity contribution in [1.29, 1.82) is 0 Å². The van der Waals surface area contributed by atoms with Crippen LogP contribution >= 0.6 is 11.3 Å². The van der Waals surface area contributed by atoms with Crippen molar-refractivity contribution in [2.24, 2.45) is 0 Å². The molecule has 6 rings (SSSR count). The van der Waals surface area contributed by atoms with Gasteiger partial charge in [0, 0.05) is 27.1 Å². The van der Waals surface area contributed by atoms with E-state index in [2.05, 4.69) is 85.5 Å². The second-order valence-electron chi connectivity index (χ2n) is 9.06. The van der Waals surface area contributed by atoms with Gasteiger partial charge < -0.3 is 4.90 Å². The highest BCUT2D eigenvalue weighted by Crippen LogP contribution is 2.43. The summed E-state index contributed by atoms with van der Waals surface area (Å²) in [5, 5.41) is 3.39. The monoisotopic (exact) mass is 485 g/mol. The number of rotatable bonds is 4. The molecule has 3 nitrogen and oxygen atoms in total. The maximum Gasteiger partial charge on any atom is 0.197 e. The van der Waals surface area contributed by atoms with Crippen LogP contribution in [-0.2, 0) is 0 Å². The molecular formula is C32H23NO2S. The SMILES string of the molecule is Cc1ccc(N(c2ccc(C=C3C(=O)c4ccccc4C3=O)s2)c2ccc(C)c3ccccc23)cc1. The van der Waals surface area contributed by atoms with Gasteiger partial charge in [0.1, 0.15) is 5.00 Å². The predicted octanol–water partition coefficient (Wildman–Crippen LogP) is 8.45. The first-order valence-corrected chi connectivity index (χ1v) is 12.7. The Hall–Kier alpha value is -4.28. The molecular weight excluding hydrogens is 462 g/mol. The first-order chi connectivity index (χ1) is 17.5. The minimum absolute atomic E-state index is 0.203. The molecule has 0 radical (unpaired) electrons. The molecule has 0 unspecified atom stereocenters. The van der Waals surface area contributed by atoms with E-state index in [1.807, 2.05) is 6.07 Å². The van der Waals surface area contributed by atoms with Crippen molar-refractivity contribution < 1.29 is 9.59 Å². The van der Waals surface area contributed by atoms with E-state index < -0.39 is 0 Å². The molecule has 4 heteroatoms. The van der Waals surface area contributed by atoms with Crippen molar-refractivity contribution in [2.45, 2.75) is 13.8 Å². The Kier molecular flexibility index (Phi) is 5.39. The molecule has 5 aromatic rings. The fraction of sp³-hybridized carbons (Fsp3) is 0.0625. The standard InChI is InChI=1S/C32H23NO2S/c1-20-11-14-22(15-12-20)33(29-17-13-21(2)24-7-3-4-8-25(24)29)30-18-16-23(36-30)19-28-31(34)26-9-5-6-10-27(26)32(28)35/h3-19H,1-2H3. The van der Waals surface area contributed by atoms with Crippen molar-refractivity contribution >= 4 is 56.1 Å². The Morgan fingerprint density at radius 3 is 2.00 bits per heavy atom. The average Bonchev–Trinajstić information content (AvgIpc) is 3.46. The van der Waals surface area contributed by atoms with E-state index in [0.717, 1.165) is 21.3 Å². The van der Waals surface area contributed by atoms with Gasteiger partial charge in [0.05, 0.1) is 11.3 Å². The lowest BCUT2D eigenvalue weighted by atomic mass is 10.0. The highest BCUT2D eigenvalue weighted by atomic mass is 32.1. The average molecular weight is 486 g/mol. The molecule has 36 heavy (non-hydrogen) atoms. The molecule has 0 fully saturated rings. The van der Waals surface area contributed by atoms with E-state index >= 15 is 0 Å². The zero-order valence-electron chi connectivity index (χ0n) is 20.0. The zero-order valence-corrected chi connectivity index (χ0v) is 20.8. The number of aryl methyl sites for hydroxylation is 2. The third-order valence-corrected chi connectivity index (χ3v) is 7.69. The van der Waals surface area contributed by atoms with Gasteiger partial charge >= 0.3 is 0 Å². The summed E-state index contributed by atoms with van der Waals surface area (Å²) >= 11 is 1.56. The van der Waals surface area contributed by atoms with Crippen LogP contribution in [0.1, 0.15) is 36.7 Å². The maximum absolute atomic E-state index is 12.9. The summed E-state index contributed by atoms with van der Waals surface area (Å²) in [7, 11) is 0. The van der Waals surface area contributed by atoms with Gasteiger partial charge in [-0.2, -0.15) is 0 Å². The number of Topliss-reactive ketones (excluding diaryl/α,β-unsaturated/α-hetero) is 2. The van der Waals surface area contributed by atoms with Gasteiger partial charge in [-0.25, -0.2) is 0 Å². The Bertz CT molecular complexity index is 1650. The number of carbonyl (C=O) groups excluding carboxylic acids is 2. The molecule has 4 aromatic carbocycles. The third-order valence-electron chi connectivity index (χ3n) is 6.68. The van der Waals surface area contributed by atoms with Crippen LogP contribution in [0.15, 0.2) is 103 Å². The minimum Gasteiger partial charge on any atom is -0.301 e. The number of allylic oxidation sites excluding steroid dienone is 1. The summed E-state index contributed by atoms with van der Waals surface area (Å²) in [6.45, 7) is 4.21. The summed E-state index contributed by atoms with van der Waals surface area (Å²) in [5.74, 6) is -0.407. The molecule has 1 aromatic heterocycles. The number of hydrogen-bond donors (Lipinski definition) is 0. The van der Waals surface area contributed by atoms with Crippen LogP contribution in [0.5, 0.6) is 0 Å². The smallest absolute Gasteiger partial charge is 0.197 e. The highest BCUT2D eigenvalue weighted by Gasteiger charge is 2.32. The van der Waals surface area contributed by atoms with Crippen LogP contribution in [-0.4, -0.2) is 11.6 Å². The second-order valence-corrected chi connectivity index (χ2v) is 10.1. The molecule has 0 bridgehead atoms. The Labute approximate surface area is 214 Å². The van der Waals surface area contributed by atoms with Crippen LogP contribution in [0, 0.1) is 13.8 Å². The van der Waals surface area contributed by atoms with Crippen molar-refractivity contribution in [2.75, 3.05) is 4.90 Å². The van der Waals surface area contributed by atoms with E-state index in [4.69, 9.17) is 0 Å². The van der Waals surface area contributed by atoms with Crippen molar-refractivity contribution in [3.05, 3.63) is 130 Å². The van der Waals surface area contributed by atoms with Gasteiger partial charge in [0.15, 0.2) is 11.6 Å². The van der Waals surface area contributed by atoms with Gasteiger partial charge in [-0.05, 0) is 61.2 Å². The largest absolute Gasteiger partial charge is 0.301 e. The molecule has 0 amide bonds. The van der Waals surface area contributed by atoms with Gasteiger partial charge in [-0.15, -0.1) is 11.3 Å². The summed E-state index contributed by atoms with van der Waals surface area (Å²) in [4.78, 5) is 28.9. The molecule has 1 aliphatic carbocycles. The quantitative estimate of drug-likeness (QED) is 0.189. The Balaban J connectivity index is 1.47. The van der Waals surface area contributed by atoms with Crippen molar-refractivity contribution in [1.82, 2.24) is 0 Å². The lowest BCUT2D eigenvalue weighted by Crippen LogP contribution is -2.09. The first-order valence-electron chi connectivity index (χ1n) is 11.9. The lowest BCUT2D eigenvalue weighted by molar-refractivity contribution is 0.0990. The highest BCUT2D eigenvalue weighted by molar-refractivity contribution is 7.17. The number of carbonyl (C=O) groups is 2. The van der Waals surface area contributed by atoms with Gasteiger partial charge in [-0.3, -0.25) is 9.59 Å². The van der Waals surface area contributed by atoms with Crippen LogP contribution in [0.3, 0.4) is 0 Å². The molecule has 0 aliphatic heterocycles. The molecule has 174 valence electrons. The van der Waals surface area contributed by atoms with Crippen LogP contribution in [0.4, 0.5) is 16.4 Å². The predicted molar refractivity (Wildman–Crippen MR) is 149 cm³/mol. The van der Waals surface area contributed by atoms with Crippen LogP contribution in [0.25, 0.3) is 16.8 Å². The van der Waals surface area contributed by atoms with Crippen LogP contribution < -0.4 is 4.90 Å². The number of fused-ring (bicyclic) bond motifs is 2. The number of anilines is 3. The molecule has 0 saturated heterocycles. The zero-order chi connectivity index (χ0) is 24.8. The molecule has 1 aliphatic rings. The topological polar surface area (TPSA) is 37.4 Å². The molecule has 0 saturated carbocycles. The molecule has 1 heterocycles. The van der Waals surface area contributed by atoms with Crippen molar-refractivity contribution in [3.8, 4) is 0 Å². The van der Waals surface area contributed by atoms with Crippen molar-refractivity contribution in [3.63, 3.8) is 0 Å². The van der Waals surface area contributed by atoms with E-state index in [1.165, 1.54) is 21.9 Å². The molecule has 0 spiro atoms. The van der Waals surface area contributed by atoms with Crippen LogP contribution in [0.2, 0.25) is 0 Å². The summed E-state index contributed by atoms with van der Waals surface area (Å²) in [5.41, 5.74) is 5.76. The van der Waals surface area contributed by atoms with Gasteiger partial charge in [0.2, 0.25) is 0 Å². The summed E-state index contributed by atoms with van der Waals surface area (Å²) < 4.78 is 0. The maximum atomic E-state index is 12.9. The van der Waals surface area contributed by atoms with E-state index in [-0.39, 0.29) is 17.1 Å². The first kappa shape index (κ1) is 22.2. The van der Waals surface area contributed by atoms with E-state index in [1.54, 1.807) is 41.7 Å². The van der Waals surface area contributed by atoms with Gasteiger partial charge in [0.25, 0.3) is 0 Å². The number of benzene rings is 4. The van der Waals surface area contributed by atoms with E-state index in [9.17, 15) is 9.59 Å². The number of nitrogens with zero attached hydrogens (tertiary/aromatic N) is 1. The normalized spacial score (nSPS) is 12.8. The molecule has 0 N–H and O–H groups in total. The summed E-state index contributed by atoms with van der Waals surface area (Å²) in [6.07, 6.45) is 1.74. The number of ketones is 2. The number of thiophene rings is 1. The Morgan fingerprint density at radius 1 is 0.667 bits per heavy atom.